The SMILES string of the molecule is CN1C(=O)[C@@]2(C=C[C@]3(CCCO3)O2)c2ccccc21. The van der Waals surface area contributed by atoms with Crippen LogP contribution in [0.3, 0.4) is 0 Å². The second kappa shape index (κ2) is 3.46. The van der Waals surface area contributed by atoms with Crippen LogP contribution in [0.25, 0.3) is 0 Å². The molecular weight excluding hydrogens is 242 g/mol. The predicted molar refractivity (Wildman–Crippen MR) is 69.7 cm³/mol. The molecule has 1 aromatic carbocycles. The molecule has 4 nitrogen and oxygen atoms in total. The Kier molecular flexibility index (Phi) is 2.04. The summed E-state index contributed by atoms with van der Waals surface area (Å²) in [5.74, 6) is -0.745. The topological polar surface area (TPSA) is 38.8 Å². The number of para-hydroxylation sites is 1. The molecule has 0 saturated carbocycles. The van der Waals surface area contributed by atoms with Crippen molar-refractivity contribution in [3.8, 4) is 0 Å². The fourth-order valence-electron chi connectivity index (χ4n) is 3.25. The summed E-state index contributed by atoms with van der Waals surface area (Å²) in [6, 6.07) is 7.77. The number of likely N-dealkylation sites (N-methyl/N-ethyl adjacent to an activating group) is 1. The van der Waals surface area contributed by atoms with Gasteiger partial charge >= 0.3 is 0 Å². The normalized spacial score (nSPS) is 35.8. The quantitative estimate of drug-likeness (QED) is 0.667. The van der Waals surface area contributed by atoms with Gasteiger partial charge in [0.05, 0.1) is 12.3 Å². The summed E-state index contributed by atoms with van der Waals surface area (Å²) in [6.07, 6.45) is 5.55. The van der Waals surface area contributed by atoms with Crippen LogP contribution >= 0.6 is 0 Å². The Morgan fingerprint density at radius 3 is 2.89 bits per heavy atom. The van der Waals surface area contributed by atoms with Gasteiger partial charge in [0, 0.05) is 19.0 Å². The molecule has 4 heteroatoms. The molecule has 3 aliphatic heterocycles. The van der Waals surface area contributed by atoms with Crippen molar-refractivity contribution < 1.29 is 14.3 Å². The number of hydrogen-bond donors (Lipinski definition) is 0. The summed E-state index contributed by atoms with van der Waals surface area (Å²) in [5, 5.41) is 0. The van der Waals surface area contributed by atoms with E-state index in [1.165, 1.54) is 0 Å². The number of benzene rings is 1. The van der Waals surface area contributed by atoms with Crippen molar-refractivity contribution in [3.05, 3.63) is 42.0 Å². The van der Waals surface area contributed by atoms with E-state index in [0.29, 0.717) is 6.61 Å². The number of rotatable bonds is 0. The molecule has 0 aromatic heterocycles. The van der Waals surface area contributed by atoms with E-state index in [4.69, 9.17) is 9.47 Å². The third-order valence-corrected chi connectivity index (χ3v) is 4.21. The van der Waals surface area contributed by atoms with Gasteiger partial charge in [-0.2, -0.15) is 0 Å². The number of amides is 1. The third-order valence-electron chi connectivity index (χ3n) is 4.21. The maximum absolute atomic E-state index is 12.6. The molecule has 1 saturated heterocycles. The highest BCUT2D eigenvalue weighted by Crippen LogP contribution is 2.51. The summed E-state index contributed by atoms with van der Waals surface area (Å²) < 4.78 is 11.8. The molecule has 0 aliphatic carbocycles. The number of nitrogens with zero attached hydrogens (tertiary/aromatic N) is 1. The maximum Gasteiger partial charge on any atom is 0.267 e. The molecule has 98 valence electrons. The number of fused-ring (bicyclic) bond motifs is 2. The minimum atomic E-state index is -0.990. The van der Waals surface area contributed by atoms with Gasteiger partial charge in [0.1, 0.15) is 0 Å². The minimum absolute atomic E-state index is 0.0441. The fraction of sp³-hybridized carbons (Fsp3) is 0.400. The van der Waals surface area contributed by atoms with Crippen molar-refractivity contribution in [1.82, 2.24) is 0 Å². The molecular formula is C15H15NO3. The van der Waals surface area contributed by atoms with E-state index in [0.717, 1.165) is 24.1 Å². The molecule has 1 aromatic rings. The second-order valence-electron chi connectivity index (χ2n) is 5.32. The van der Waals surface area contributed by atoms with Crippen LogP contribution in [0.1, 0.15) is 18.4 Å². The molecule has 0 bridgehead atoms. The van der Waals surface area contributed by atoms with Gasteiger partial charge in [-0.3, -0.25) is 4.79 Å². The Morgan fingerprint density at radius 2 is 2.11 bits per heavy atom. The van der Waals surface area contributed by atoms with E-state index in [9.17, 15) is 4.79 Å². The summed E-state index contributed by atoms with van der Waals surface area (Å²) in [4.78, 5) is 14.3. The third kappa shape index (κ3) is 1.28. The van der Waals surface area contributed by atoms with E-state index in [1.54, 1.807) is 11.9 Å². The zero-order valence-corrected chi connectivity index (χ0v) is 10.8. The molecule has 1 amide bonds. The highest BCUT2D eigenvalue weighted by atomic mass is 16.7. The lowest BCUT2D eigenvalue weighted by molar-refractivity contribution is -0.213. The molecule has 0 radical (unpaired) electrons. The first-order valence-corrected chi connectivity index (χ1v) is 6.59. The summed E-state index contributed by atoms with van der Waals surface area (Å²) in [7, 11) is 1.79. The number of anilines is 1. The predicted octanol–water partition coefficient (Wildman–Crippen LogP) is 1.95. The van der Waals surface area contributed by atoms with Crippen molar-refractivity contribution >= 4 is 11.6 Å². The average molecular weight is 257 g/mol. The molecule has 0 unspecified atom stereocenters. The van der Waals surface area contributed by atoms with Gasteiger partial charge in [0.25, 0.3) is 5.91 Å². The van der Waals surface area contributed by atoms with E-state index in [2.05, 4.69) is 0 Å². The molecule has 4 rings (SSSR count). The lowest BCUT2D eigenvalue weighted by Gasteiger charge is -2.28. The monoisotopic (exact) mass is 257 g/mol. The molecule has 3 aliphatic rings. The standard InChI is InChI=1S/C15H15NO3/c1-16-12-6-3-2-5-11(12)15(13(16)17)9-8-14(19-15)7-4-10-18-14/h2-3,5-6,8-9H,4,7,10H2,1H3/t14-,15+/m0/s1. The average Bonchev–Trinajstić information content (AvgIpc) is 3.10. The van der Waals surface area contributed by atoms with Crippen molar-refractivity contribution in [3.63, 3.8) is 0 Å². The van der Waals surface area contributed by atoms with Crippen LogP contribution in [0.5, 0.6) is 0 Å². The van der Waals surface area contributed by atoms with Crippen LogP contribution in [-0.2, 0) is 19.9 Å². The van der Waals surface area contributed by atoms with Crippen LogP contribution in [0, 0.1) is 0 Å². The van der Waals surface area contributed by atoms with Gasteiger partial charge in [-0.1, -0.05) is 18.2 Å². The van der Waals surface area contributed by atoms with E-state index >= 15 is 0 Å². The first-order valence-electron chi connectivity index (χ1n) is 6.59. The van der Waals surface area contributed by atoms with Crippen LogP contribution in [0.2, 0.25) is 0 Å². The fourth-order valence-corrected chi connectivity index (χ4v) is 3.25. The zero-order valence-electron chi connectivity index (χ0n) is 10.8. The number of carbonyl (C=O) groups is 1. The Morgan fingerprint density at radius 1 is 1.26 bits per heavy atom. The first kappa shape index (κ1) is 11.2. The Labute approximate surface area is 111 Å². The lowest BCUT2D eigenvalue weighted by Crippen LogP contribution is -2.42. The second-order valence-corrected chi connectivity index (χ2v) is 5.32. The van der Waals surface area contributed by atoms with Crippen LogP contribution in [-0.4, -0.2) is 25.3 Å². The smallest absolute Gasteiger partial charge is 0.267 e. The van der Waals surface area contributed by atoms with E-state index in [-0.39, 0.29) is 5.91 Å². The number of hydrogen-bond acceptors (Lipinski definition) is 3. The lowest BCUT2D eigenvalue weighted by atomic mass is 9.96. The Hall–Kier alpha value is -1.65. The van der Waals surface area contributed by atoms with Crippen LogP contribution in [0.15, 0.2) is 36.4 Å². The highest BCUT2D eigenvalue weighted by molar-refractivity contribution is 6.08. The van der Waals surface area contributed by atoms with Crippen molar-refractivity contribution in [2.24, 2.45) is 0 Å². The largest absolute Gasteiger partial charge is 0.346 e. The van der Waals surface area contributed by atoms with Gasteiger partial charge < -0.3 is 14.4 Å². The Bertz CT molecular complexity index is 589. The summed E-state index contributed by atoms with van der Waals surface area (Å²) in [5.41, 5.74) is 0.827. The molecule has 2 atom stereocenters. The van der Waals surface area contributed by atoms with Crippen molar-refractivity contribution in [2.75, 3.05) is 18.6 Å². The highest BCUT2D eigenvalue weighted by Gasteiger charge is 2.57. The van der Waals surface area contributed by atoms with E-state index in [1.807, 2.05) is 36.4 Å². The summed E-state index contributed by atoms with van der Waals surface area (Å²) in [6.45, 7) is 0.687. The van der Waals surface area contributed by atoms with Gasteiger partial charge in [-0.25, -0.2) is 0 Å². The first-order chi connectivity index (χ1) is 9.17. The molecule has 2 spiro atoms. The van der Waals surface area contributed by atoms with Gasteiger partial charge in [0.15, 0.2) is 11.4 Å². The van der Waals surface area contributed by atoms with Gasteiger partial charge in [0.2, 0.25) is 0 Å². The molecule has 3 heterocycles. The zero-order chi connectivity index (χ0) is 13.1. The minimum Gasteiger partial charge on any atom is -0.346 e. The van der Waals surface area contributed by atoms with Gasteiger partial charge in [-0.05, 0) is 24.6 Å². The number of ether oxygens (including phenoxy) is 2. The molecule has 0 N–H and O–H groups in total. The van der Waals surface area contributed by atoms with Crippen LogP contribution in [0.4, 0.5) is 5.69 Å². The summed E-state index contributed by atoms with van der Waals surface area (Å²) >= 11 is 0. The molecule has 1 fully saturated rings. The molecule has 19 heavy (non-hydrogen) atoms. The Balaban J connectivity index is 1.84. The van der Waals surface area contributed by atoms with Crippen LogP contribution < -0.4 is 4.90 Å². The van der Waals surface area contributed by atoms with Gasteiger partial charge in [-0.15, -0.1) is 0 Å². The number of carbonyl (C=O) groups excluding carboxylic acids is 1. The maximum atomic E-state index is 12.6. The van der Waals surface area contributed by atoms with E-state index < -0.39 is 11.4 Å². The van der Waals surface area contributed by atoms with Crippen molar-refractivity contribution in [1.29, 1.82) is 0 Å². The van der Waals surface area contributed by atoms with Crippen molar-refractivity contribution in [2.45, 2.75) is 24.2 Å².